The van der Waals surface area contributed by atoms with Crippen molar-refractivity contribution in [2.24, 2.45) is 0 Å². The van der Waals surface area contributed by atoms with Gasteiger partial charge in [-0.05, 0) is 24.3 Å². The minimum Gasteiger partial charge on any atom is -0.494 e. The van der Waals surface area contributed by atoms with Crippen molar-refractivity contribution < 1.29 is 23.5 Å². The van der Waals surface area contributed by atoms with Gasteiger partial charge in [-0.15, -0.1) is 0 Å². The third kappa shape index (κ3) is 4.07. The summed E-state index contributed by atoms with van der Waals surface area (Å²) in [6.07, 6.45) is 0. The number of ether oxygens (including phenoxy) is 3. The number of nitrogens with one attached hydrogen (secondary N) is 2. The molecule has 1 heterocycles. The lowest BCUT2D eigenvalue weighted by Crippen LogP contribution is -3.06. The molecule has 0 aliphatic heterocycles. The number of fused-ring (bicyclic) bond motifs is 1. The van der Waals surface area contributed by atoms with E-state index < -0.39 is 5.82 Å². The molecule has 1 unspecified atom stereocenters. The highest BCUT2D eigenvalue weighted by atomic mass is 19.1. The van der Waals surface area contributed by atoms with Crippen LogP contribution in [0.3, 0.4) is 0 Å². The molecule has 0 saturated heterocycles. The van der Waals surface area contributed by atoms with Crippen LogP contribution in [0.1, 0.15) is 11.4 Å². The molecule has 0 fully saturated rings. The number of rotatable bonds is 7. The van der Waals surface area contributed by atoms with Gasteiger partial charge < -0.3 is 24.1 Å². The molecule has 148 valence electrons. The van der Waals surface area contributed by atoms with Crippen LogP contribution in [0.25, 0.3) is 10.9 Å². The Kier molecular flexibility index (Phi) is 5.79. The predicted molar refractivity (Wildman–Crippen MR) is 103 cm³/mol. The van der Waals surface area contributed by atoms with Gasteiger partial charge in [0.25, 0.3) is 5.56 Å². The minimum absolute atomic E-state index is 0.214. The van der Waals surface area contributed by atoms with Crippen LogP contribution in [-0.2, 0) is 13.1 Å². The number of aromatic nitrogens is 2. The number of hydrogen-bond acceptors (Lipinski definition) is 5. The van der Waals surface area contributed by atoms with Gasteiger partial charge in [0.05, 0.1) is 39.3 Å². The Morgan fingerprint density at radius 3 is 2.32 bits per heavy atom. The van der Waals surface area contributed by atoms with Gasteiger partial charge in [0.2, 0.25) is 0 Å². The Hall–Kier alpha value is -3.13. The number of hydrogen-bond donors (Lipinski definition) is 2. The molecule has 0 saturated carbocycles. The van der Waals surface area contributed by atoms with Crippen molar-refractivity contribution in [3.8, 4) is 17.2 Å². The lowest BCUT2D eigenvalue weighted by molar-refractivity contribution is -0.908. The second-order valence-corrected chi connectivity index (χ2v) is 6.52. The summed E-state index contributed by atoms with van der Waals surface area (Å²) >= 11 is 0. The summed E-state index contributed by atoms with van der Waals surface area (Å²) in [5.74, 6) is 1.33. The maximum atomic E-state index is 13.9. The van der Waals surface area contributed by atoms with Crippen LogP contribution in [0.5, 0.6) is 17.2 Å². The van der Waals surface area contributed by atoms with E-state index in [0.717, 1.165) is 10.5 Å². The van der Waals surface area contributed by atoms with Crippen LogP contribution >= 0.6 is 0 Å². The first-order chi connectivity index (χ1) is 13.4. The monoisotopic (exact) mass is 388 g/mol. The molecule has 2 N–H and O–H groups in total. The zero-order valence-electron chi connectivity index (χ0n) is 16.3. The molecule has 8 heteroatoms. The highest BCUT2D eigenvalue weighted by Gasteiger charge is 2.14. The van der Waals surface area contributed by atoms with Gasteiger partial charge in [0, 0.05) is 11.6 Å². The number of H-pyrrole nitrogens is 1. The van der Waals surface area contributed by atoms with Gasteiger partial charge in [-0.2, -0.15) is 0 Å². The molecule has 0 aliphatic rings. The smallest absolute Gasteiger partial charge is 0.259 e. The van der Waals surface area contributed by atoms with Crippen molar-refractivity contribution in [1.29, 1.82) is 0 Å². The molecule has 3 rings (SSSR count). The molecular weight excluding hydrogens is 365 g/mol. The van der Waals surface area contributed by atoms with Crippen LogP contribution in [0.2, 0.25) is 0 Å². The molecule has 1 atom stereocenters. The summed E-state index contributed by atoms with van der Waals surface area (Å²) in [7, 11) is 6.42. The summed E-state index contributed by atoms with van der Waals surface area (Å²) in [5.41, 5.74) is 1.11. The Balaban J connectivity index is 1.83. The van der Waals surface area contributed by atoms with Crippen molar-refractivity contribution in [3.63, 3.8) is 0 Å². The molecule has 0 radical (unpaired) electrons. The van der Waals surface area contributed by atoms with Crippen LogP contribution in [0.15, 0.2) is 35.1 Å². The summed E-state index contributed by atoms with van der Waals surface area (Å²) in [6.45, 7) is 1.03. The molecule has 3 aromatic rings. The minimum atomic E-state index is -0.397. The zero-order chi connectivity index (χ0) is 20.3. The molecular formula is C20H23FN3O4+. The number of aromatic amines is 1. The van der Waals surface area contributed by atoms with E-state index in [1.54, 1.807) is 18.2 Å². The van der Waals surface area contributed by atoms with Gasteiger partial charge in [-0.3, -0.25) is 4.79 Å². The Morgan fingerprint density at radius 2 is 1.68 bits per heavy atom. The fourth-order valence-electron chi connectivity index (χ4n) is 3.11. The van der Waals surface area contributed by atoms with E-state index >= 15 is 0 Å². The summed E-state index contributed by atoms with van der Waals surface area (Å²) in [6, 6.07) is 8.17. The van der Waals surface area contributed by atoms with Crippen molar-refractivity contribution in [2.45, 2.75) is 13.1 Å². The van der Waals surface area contributed by atoms with Gasteiger partial charge in [-0.25, -0.2) is 9.37 Å². The van der Waals surface area contributed by atoms with Crippen LogP contribution in [-0.4, -0.2) is 38.3 Å². The van der Waals surface area contributed by atoms with Crippen molar-refractivity contribution in [2.75, 3.05) is 28.4 Å². The number of quaternary nitrogens is 1. The largest absolute Gasteiger partial charge is 0.494 e. The third-order valence-corrected chi connectivity index (χ3v) is 4.45. The van der Waals surface area contributed by atoms with Crippen LogP contribution < -0.4 is 24.7 Å². The first kappa shape index (κ1) is 19.6. The molecule has 0 aliphatic carbocycles. The fraction of sp³-hybridized carbons (Fsp3) is 0.300. The second-order valence-electron chi connectivity index (χ2n) is 6.52. The first-order valence-electron chi connectivity index (χ1n) is 8.73. The quantitative estimate of drug-likeness (QED) is 0.638. The summed E-state index contributed by atoms with van der Waals surface area (Å²) < 4.78 is 29.3. The average molecular weight is 388 g/mol. The molecule has 2 aromatic carbocycles. The van der Waals surface area contributed by atoms with E-state index in [-0.39, 0.29) is 11.3 Å². The molecule has 0 amide bonds. The number of halogens is 1. The van der Waals surface area contributed by atoms with E-state index in [9.17, 15) is 9.18 Å². The summed E-state index contributed by atoms with van der Waals surface area (Å²) in [4.78, 5) is 20.8. The second kappa shape index (κ2) is 8.26. The SMILES string of the molecule is COc1ccc(C[NH+](C)Cc2nc3cc(OC)c(OC)cc3c(=O)[nH]2)cc1F. The normalized spacial score (nSPS) is 12.0. The average Bonchev–Trinajstić information content (AvgIpc) is 2.67. The Morgan fingerprint density at radius 1 is 1.00 bits per heavy atom. The van der Waals surface area contributed by atoms with Crippen molar-refractivity contribution in [3.05, 3.63) is 57.9 Å². The fourth-order valence-corrected chi connectivity index (χ4v) is 3.11. The number of methoxy groups -OCH3 is 3. The third-order valence-electron chi connectivity index (χ3n) is 4.45. The molecule has 7 nitrogen and oxygen atoms in total. The topological polar surface area (TPSA) is 77.9 Å². The van der Waals surface area contributed by atoms with Gasteiger partial charge >= 0.3 is 0 Å². The maximum Gasteiger partial charge on any atom is 0.259 e. The summed E-state index contributed by atoms with van der Waals surface area (Å²) in [5, 5.41) is 0.427. The lowest BCUT2D eigenvalue weighted by Gasteiger charge is -2.15. The van der Waals surface area contributed by atoms with E-state index in [4.69, 9.17) is 14.2 Å². The molecule has 0 spiro atoms. The maximum absolute atomic E-state index is 13.9. The van der Waals surface area contributed by atoms with E-state index in [0.29, 0.717) is 41.3 Å². The molecule has 0 bridgehead atoms. The highest BCUT2D eigenvalue weighted by molar-refractivity contribution is 5.81. The van der Waals surface area contributed by atoms with Crippen molar-refractivity contribution >= 4 is 10.9 Å². The Labute approximate surface area is 161 Å². The Bertz CT molecular complexity index is 1050. The predicted octanol–water partition coefficient (Wildman–Crippen LogP) is 1.30. The highest BCUT2D eigenvalue weighted by Crippen LogP contribution is 2.29. The zero-order valence-corrected chi connectivity index (χ0v) is 16.3. The van der Waals surface area contributed by atoms with Crippen LogP contribution in [0, 0.1) is 5.82 Å². The lowest BCUT2D eigenvalue weighted by atomic mass is 10.2. The first-order valence-corrected chi connectivity index (χ1v) is 8.73. The van der Waals surface area contributed by atoms with Gasteiger partial charge in [0.15, 0.2) is 28.9 Å². The van der Waals surface area contributed by atoms with E-state index in [2.05, 4.69) is 9.97 Å². The number of nitrogens with zero attached hydrogens (tertiary/aromatic N) is 1. The van der Waals surface area contributed by atoms with E-state index in [1.807, 2.05) is 13.1 Å². The standard InChI is InChI=1S/C20H22FN3O4/c1-24(10-12-5-6-16(26-2)14(21)7-12)11-19-22-15-9-18(28-4)17(27-3)8-13(15)20(25)23-19/h5-9H,10-11H2,1-4H3,(H,22,23,25)/p+1. The van der Waals surface area contributed by atoms with Crippen molar-refractivity contribution in [1.82, 2.24) is 9.97 Å². The molecule has 1 aromatic heterocycles. The van der Waals surface area contributed by atoms with Crippen LogP contribution in [0.4, 0.5) is 4.39 Å². The molecule has 28 heavy (non-hydrogen) atoms. The van der Waals surface area contributed by atoms with Gasteiger partial charge in [-0.1, -0.05) is 0 Å². The number of benzene rings is 2. The van der Waals surface area contributed by atoms with E-state index in [1.165, 1.54) is 27.4 Å². The van der Waals surface area contributed by atoms with Gasteiger partial charge in [0.1, 0.15) is 13.1 Å².